The summed E-state index contributed by atoms with van der Waals surface area (Å²) in [7, 11) is 0. The van der Waals surface area contributed by atoms with Crippen LogP contribution in [0.15, 0.2) is 59.2 Å². The maximum Gasteiger partial charge on any atom is 0.303 e. The van der Waals surface area contributed by atoms with Crippen molar-refractivity contribution in [3.05, 3.63) is 77.2 Å². The molecule has 36 heavy (non-hydrogen) atoms. The lowest BCUT2D eigenvalue weighted by Crippen LogP contribution is -2.24. The fourth-order valence-corrected chi connectivity index (χ4v) is 5.13. The average molecular weight is 489 g/mol. The van der Waals surface area contributed by atoms with Crippen LogP contribution in [0.4, 0.5) is 0 Å². The quantitative estimate of drug-likeness (QED) is 0.287. The zero-order valence-corrected chi connectivity index (χ0v) is 20.9. The first kappa shape index (κ1) is 25.7. The summed E-state index contributed by atoms with van der Waals surface area (Å²) in [6.07, 6.45) is 12.9. The van der Waals surface area contributed by atoms with E-state index in [-0.39, 0.29) is 18.0 Å². The number of carbonyl (C=O) groups excluding carboxylic acids is 1. The maximum absolute atomic E-state index is 12.6. The van der Waals surface area contributed by atoms with E-state index < -0.39 is 5.97 Å². The molecule has 0 unspecified atom stereocenters. The van der Waals surface area contributed by atoms with Gasteiger partial charge in [0.2, 0.25) is 5.89 Å². The molecule has 3 aromatic rings. The Morgan fingerprint density at radius 2 is 1.67 bits per heavy atom. The number of unbranched alkanes of at least 4 members (excludes halogenated alkanes) is 1. The van der Waals surface area contributed by atoms with Crippen LogP contribution in [-0.2, 0) is 17.6 Å². The van der Waals surface area contributed by atoms with Crippen molar-refractivity contribution in [2.24, 2.45) is 5.92 Å². The van der Waals surface area contributed by atoms with E-state index in [2.05, 4.69) is 10.3 Å². The Balaban J connectivity index is 1.35. The molecular weight excluding hydrogens is 452 g/mol. The van der Waals surface area contributed by atoms with Crippen molar-refractivity contribution in [1.82, 2.24) is 10.3 Å². The minimum atomic E-state index is -0.806. The lowest BCUT2D eigenvalue weighted by Gasteiger charge is -2.21. The van der Waals surface area contributed by atoms with Crippen molar-refractivity contribution in [3.8, 4) is 11.5 Å². The number of aromatic nitrogens is 1. The highest BCUT2D eigenvalue weighted by atomic mass is 16.4. The number of nitrogens with one attached hydrogen (secondary N) is 1. The number of benzene rings is 2. The van der Waals surface area contributed by atoms with Crippen molar-refractivity contribution in [1.29, 1.82) is 0 Å². The van der Waals surface area contributed by atoms with Crippen molar-refractivity contribution in [2.45, 2.75) is 70.6 Å². The number of carboxylic acids is 1. The minimum absolute atomic E-state index is 0.0947. The number of aryl methyl sites for hydroxylation is 1. The van der Waals surface area contributed by atoms with Crippen LogP contribution in [0.1, 0.15) is 85.0 Å². The zero-order chi connectivity index (χ0) is 25.2. The predicted molar refractivity (Wildman–Crippen MR) is 140 cm³/mol. The Hall–Kier alpha value is -3.41. The van der Waals surface area contributed by atoms with Crippen LogP contribution in [-0.4, -0.2) is 28.5 Å². The number of carbonyl (C=O) groups is 2. The molecule has 2 N–H and O–H groups in total. The van der Waals surface area contributed by atoms with Gasteiger partial charge in [0.1, 0.15) is 6.26 Å². The number of hydrogen-bond acceptors (Lipinski definition) is 4. The van der Waals surface area contributed by atoms with E-state index in [1.165, 1.54) is 44.8 Å². The third kappa shape index (κ3) is 7.30. The van der Waals surface area contributed by atoms with Gasteiger partial charge in [-0.1, -0.05) is 87.4 Å². The van der Waals surface area contributed by atoms with E-state index in [0.717, 1.165) is 41.0 Å². The molecule has 1 heterocycles. The summed E-state index contributed by atoms with van der Waals surface area (Å²) in [6.45, 7) is 0.650. The molecule has 0 atom stereocenters. The maximum atomic E-state index is 12.6. The smallest absolute Gasteiger partial charge is 0.303 e. The SMILES string of the molecule is O=C(O)CCc1ccccc1Cc1ccccc1-c1nc(C(=O)NCCCCC2CCCCC2)co1. The molecule has 0 radical (unpaired) electrons. The summed E-state index contributed by atoms with van der Waals surface area (Å²) in [6, 6.07) is 15.7. The molecule has 4 rings (SSSR count). The highest BCUT2D eigenvalue weighted by Gasteiger charge is 2.17. The Labute approximate surface area is 213 Å². The van der Waals surface area contributed by atoms with Crippen molar-refractivity contribution >= 4 is 11.9 Å². The van der Waals surface area contributed by atoms with Crippen LogP contribution in [0.2, 0.25) is 0 Å². The van der Waals surface area contributed by atoms with Crippen molar-refractivity contribution in [3.63, 3.8) is 0 Å². The Bertz CT molecular complexity index is 1150. The second-order valence-electron chi connectivity index (χ2n) is 9.79. The summed E-state index contributed by atoms with van der Waals surface area (Å²) in [4.78, 5) is 28.2. The Kier molecular flexibility index (Phi) is 9.31. The molecule has 1 aliphatic carbocycles. The van der Waals surface area contributed by atoms with Crippen molar-refractivity contribution in [2.75, 3.05) is 6.54 Å². The molecule has 1 amide bonds. The number of aliphatic carboxylic acids is 1. The Morgan fingerprint density at radius 3 is 2.44 bits per heavy atom. The highest BCUT2D eigenvalue weighted by Crippen LogP contribution is 2.28. The van der Waals surface area contributed by atoms with Gasteiger partial charge in [0.05, 0.1) is 0 Å². The molecule has 6 heteroatoms. The number of rotatable bonds is 12. The lowest BCUT2D eigenvalue weighted by molar-refractivity contribution is -0.136. The predicted octanol–water partition coefficient (Wildman–Crippen LogP) is 6.43. The average Bonchev–Trinajstić information content (AvgIpc) is 3.39. The molecule has 0 bridgehead atoms. The van der Waals surface area contributed by atoms with Crippen LogP contribution < -0.4 is 5.32 Å². The summed E-state index contributed by atoms with van der Waals surface area (Å²) in [5, 5.41) is 12.1. The van der Waals surface area contributed by atoms with Gasteiger partial charge in [-0.25, -0.2) is 4.98 Å². The first-order valence-electron chi connectivity index (χ1n) is 13.2. The number of amides is 1. The van der Waals surface area contributed by atoms with Crippen LogP contribution in [0.25, 0.3) is 11.5 Å². The van der Waals surface area contributed by atoms with E-state index in [9.17, 15) is 9.59 Å². The monoisotopic (exact) mass is 488 g/mol. The van der Waals surface area contributed by atoms with E-state index in [1.807, 2.05) is 48.5 Å². The first-order chi connectivity index (χ1) is 17.6. The molecule has 6 nitrogen and oxygen atoms in total. The number of oxazole rings is 1. The fraction of sp³-hybridized carbons (Fsp3) is 0.433. The lowest BCUT2D eigenvalue weighted by atomic mass is 9.86. The van der Waals surface area contributed by atoms with Gasteiger partial charge >= 0.3 is 5.97 Å². The third-order valence-corrected chi connectivity index (χ3v) is 7.14. The molecule has 0 spiro atoms. The molecule has 1 aromatic heterocycles. The summed E-state index contributed by atoms with van der Waals surface area (Å²) in [5.74, 6) is 0.270. The van der Waals surface area contributed by atoms with E-state index in [0.29, 0.717) is 25.3 Å². The number of nitrogens with zero attached hydrogens (tertiary/aromatic N) is 1. The van der Waals surface area contributed by atoms with Gasteiger partial charge in [-0.15, -0.1) is 0 Å². The van der Waals surface area contributed by atoms with Gasteiger partial charge in [0.25, 0.3) is 5.91 Å². The van der Waals surface area contributed by atoms with E-state index in [1.54, 1.807) is 0 Å². The standard InChI is InChI=1S/C30H36N2O4/c33-28(34)18-17-23-13-4-5-14-24(23)20-25-15-6-7-16-26(25)30-32-27(21-36-30)29(35)31-19-9-8-12-22-10-2-1-3-11-22/h4-7,13-16,21-22H,1-3,8-12,17-20H2,(H,31,35)(H,33,34). The third-order valence-electron chi connectivity index (χ3n) is 7.14. The molecule has 1 aliphatic rings. The van der Waals surface area contributed by atoms with Crippen LogP contribution >= 0.6 is 0 Å². The second-order valence-corrected chi connectivity index (χ2v) is 9.79. The highest BCUT2D eigenvalue weighted by molar-refractivity contribution is 5.92. The molecule has 0 aliphatic heterocycles. The van der Waals surface area contributed by atoms with Crippen LogP contribution in [0.3, 0.4) is 0 Å². The van der Waals surface area contributed by atoms with E-state index >= 15 is 0 Å². The van der Waals surface area contributed by atoms with Crippen LogP contribution in [0.5, 0.6) is 0 Å². The van der Waals surface area contributed by atoms with E-state index in [4.69, 9.17) is 9.52 Å². The normalized spacial score (nSPS) is 14.0. The summed E-state index contributed by atoms with van der Waals surface area (Å²) in [5.41, 5.74) is 4.22. The molecule has 1 saturated carbocycles. The number of hydrogen-bond donors (Lipinski definition) is 2. The van der Waals surface area contributed by atoms with Crippen molar-refractivity contribution < 1.29 is 19.1 Å². The first-order valence-corrected chi connectivity index (χ1v) is 13.2. The largest absolute Gasteiger partial charge is 0.481 e. The number of carboxylic acid groups (broad SMARTS) is 1. The van der Waals surface area contributed by atoms with Crippen LogP contribution in [0, 0.1) is 5.92 Å². The molecular formula is C30H36N2O4. The van der Waals surface area contributed by atoms with Gasteiger partial charge in [0, 0.05) is 18.5 Å². The molecule has 2 aromatic carbocycles. The minimum Gasteiger partial charge on any atom is -0.481 e. The summed E-state index contributed by atoms with van der Waals surface area (Å²) < 4.78 is 5.72. The van der Waals surface area contributed by atoms with Gasteiger partial charge in [-0.2, -0.15) is 0 Å². The summed E-state index contributed by atoms with van der Waals surface area (Å²) >= 11 is 0. The zero-order valence-electron chi connectivity index (χ0n) is 20.9. The van der Waals surface area contributed by atoms with Gasteiger partial charge < -0.3 is 14.8 Å². The fourth-order valence-electron chi connectivity index (χ4n) is 5.13. The van der Waals surface area contributed by atoms with Gasteiger partial charge in [-0.3, -0.25) is 9.59 Å². The second kappa shape index (κ2) is 13.1. The van der Waals surface area contributed by atoms with Gasteiger partial charge in [0.15, 0.2) is 5.69 Å². The Morgan fingerprint density at radius 1 is 0.944 bits per heavy atom. The molecule has 190 valence electrons. The topological polar surface area (TPSA) is 92.4 Å². The molecule has 0 saturated heterocycles. The molecule has 1 fully saturated rings. The van der Waals surface area contributed by atoms with Gasteiger partial charge in [-0.05, 0) is 47.9 Å².